The van der Waals surface area contributed by atoms with E-state index in [1.807, 2.05) is 36.4 Å². The number of nitrogens with one attached hydrogen (secondary N) is 4. The van der Waals surface area contributed by atoms with Crippen LogP contribution in [0, 0.1) is 0 Å². The summed E-state index contributed by atoms with van der Waals surface area (Å²) in [5, 5.41) is 22.4. The van der Waals surface area contributed by atoms with Gasteiger partial charge in [-0.15, -0.1) is 0 Å². The monoisotopic (exact) mass is 510 g/mol. The van der Waals surface area contributed by atoms with Crippen molar-refractivity contribution in [2.45, 2.75) is 55.5 Å². The number of phenolic OH excluding ortho intramolecular Hbond substituents is 1. The first-order valence-electron chi connectivity index (χ1n) is 13.6. The number of amides is 2. The van der Waals surface area contributed by atoms with Gasteiger partial charge in [-0.05, 0) is 110 Å². The maximum absolute atomic E-state index is 12.5. The van der Waals surface area contributed by atoms with E-state index in [9.17, 15) is 14.7 Å². The van der Waals surface area contributed by atoms with Crippen LogP contribution < -0.4 is 21.3 Å². The summed E-state index contributed by atoms with van der Waals surface area (Å²) in [4.78, 5) is 25.0. The fourth-order valence-electron chi connectivity index (χ4n) is 6.10. The van der Waals surface area contributed by atoms with Crippen LogP contribution >= 0.6 is 0 Å². The van der Waals surface area contributed by atoms with Crippen LogP contribution in [0.5, 0.6) is 5.75 Å². The number of aromatic hydroxyl groups is 1. The molecule has 3 aromatic carbocycles. The van der Waals surface area contributed by atoms with E-state index in [0.29, 0.717) is 0 Å². The zero-order chi connectivity index (χ0) is 26.1. The van der Waals surface area contributed by atoms with Crippen molar-refractivity contribution in [1.29, 1.82) is 0 Å². The molecule has 2 heterocycles. The Kier molecular flexibility index (Phi) is 6.87. The molecule has 0 spiro atoms. The predicted molar refractivity (Wildman–Crippen MR) is 149 cm³/mol. The van der Waals surface area contributed by atoms with Gasteiger partial charge < -0.3 is 26.4 Å². The van der Waals surface area contributed by atoms with Crippen LogP contribution in [0.2, 0.25) is 0 Å². The van der Waals surface area contributed by atoms with Crippen molar-refractivity contribution in [2.24, 2.45) is 0 Å². The number of hydrogen-bond acceptors (Lipinski definition) is 5. The smallest absolute Gasteiger partial charge is 0.241 e. The number of phenols is 1. The molecule has 3 fully saturated rings. The van der Waals surface area contributed by atoms with Crippen LogP contribution in [-0.2, 0) is 9.59 Å². The molecular weight excluding hydrogens is 476 g/mol. The third-order valence-corrected chi connectivity index (χ3v) is 8.18. The molecule has 0 bridgehead atoms. The van der Waals surface area contributed by atoms with Gasteiger partial charge in [0.25, 0.3) is 0 Å². The van der Waals surface area contributed by atoms with E-state index in [2.05, 4.69) is 45.5 Å². The van der Waals surface area contributed by atoms with Crippen LogP contribution in [0.15, 0.2) is 72.8 Å². The topological polar surface area (TPSA) is 102 Å². The van der Waals surface area contributed by atoms with Crippen molar-refractivity contribution in [3.63, 3.8) is 0 Å². The molecule has 4 unspecified atom stereocenters. The maximum Gasteiger partial charge on any atom is 0.241 e. The summed E-state index contributed by atoms with van der Waals surface area (Å²) < 4.78 is 0. The van der Waals surface area contributed by atoms with Crippen LogP contribution in [0.4, 0.5) is 11.4 Å². The lowest BCUT2D eigenvalue weighted by molar-refractivity contribution is -0.118. The SMILES string of the molecule is O=C(Nc1ccc(C2C(c3ccc(O)cc3)C2c2ccc(NC(=O)C3CCCN3)cc2)cc1)C1CCCN1. The normalized spacial score (nSPS) is 26.2. The van der Waals surface area contributed by atoms with E-state index in [4.69, 9.17) is 0 Å². The highest BCUT2D eigenvalue weighted by Gasteiger charge is 2.52. The zero-order valence-electron chi connectivity index (χ0n) is 21.3. The lowest BCUT2D eigenvalue weighted by Crippen LogP contribution is -2.35. The molecule has 0 radical (unpaired) electrons. The summed E-state index contributed by atoms with van der Waals surface area (Å²) in [7, 11) is 0. The number of carbonyl (C=O) groups excluding carboxylic acids is 2. The Morgan fingerprint density at radius 2 is 0.974 bits per heavy atom. The standard InChI is InChI=1S/C31H34N4O3/c36-24-15-9-21(10-16-24)29-27(19-5-11-22(12-6-19)34-30(37)25-3-1-17-32-25)28(29)20-7-13-23(14-8-20)35-31(38)26-4-2-18-33-26/h5-16,25-29,32-33,36H,1-4,17-18H2,(H,34,37)(H,35,38). The van der Waals surface area contributed by atoms with Crippen molar-refractivity contribution in [3.8, 4) is 5.75 Å². The summed E-state index contributed by atoms with van der Waals surface area (Å²) >= 11 is 0. The fraction of sp³-hybridized carbons (Fsp3) is 0.355. The van der Waals surface area contributed by atoms with Crippen molar-refractivity contribution >= 4 is 23.2 Å². The predicted octanol–water partition coefficient (Wildman–Crippen LogP) is 4.44. The van der Waals surface area contributed by atoms with Gasteiger partial charge in [0.05, 0.1) is 12.1 Å². The minimum absolute atomic E-state index is 0.0254. The Hall–Kier alpha value is -3.68. The van der Waals surface area contributed by atoms with Crippen molar-refractivity contribution < 1.29 is 14.7 Å². The number of carbonyl (C=O) groups is 2. The second kappa shape index (κ2) is 10.6. The summed E-state index contributed by atoms with van der Waals surface area (Å²) in [5.74, 6) is 1.15. The van der Waals surface area contributed by atoms with Gasteiger partial charge in [-0.2, -0.15) is 0 Å². The first kappa shape index (κ1) is 24.6. The Labute approximate surface area is 223 Å². The molecule has 0 aromatic heterocycles. The summed E-state index contributed by atoms with van der Waals surface area (Å²) in [6.45, 7) is 1.79. The molecule has 5 N–H and O–H groups in total. The molecule has 1 saturated carbocycles. The lowest BCUT2D eigenvalue weighted by Gasteiger charge is -2.12. The van der Waals surface area contributed by atoms with Gasteiger partial charge in [0.2, 0.25) is 11.8 Å². The second-order valence-corrected chi connectivity index (χ2v) is 10.7. The average Bonchev–Trinajstić information content (AvgIpc) is 3.31. The summed E-state index contributed by atoms with van der Waals surface area (Å²) in [6.07, 6.45) is 3.82. The van der Waals surface area contributed by atoms with E-state index in [0.717, 1.165) is 50.1 Å². The summed E-state index contributed by atoms with van der Waals surface area (Å²) in [6, 6.07) is 23.7. The highest BCUT2D eigenvalue weighted by molar-refractivity contribution is 5.95. The van der Waals surface area contributed by atoms with Gasteiger partial charge in [0, 0.05) is 11.4 Å². The molecule has 2 amide bonds. The number of hydrogen-bond donors (Lipinski definition) is 5. The van der Waals surface area contributed by atoms with Crippen molar-refractivity contribution in [3.05, 3.63) is 89.5 Å². The maximum atomic E-state index is 12.5. The Bertz CT molecular complexity index is 1200. The minimum atomic E-state index is -0.108. The van der Waals surface area contributed by atoms with E-state index >= 15 is 0 Å². The molecule has 38 heavy (non-hydrogen) atoms. The molecule has 1 aliphatic carbocycles. The van der Waals surface area contributed by atoms with E-state index in [1.54, 1.807) is 12.1 Å². The van der Waals surface area contributed by atoms with Crippen LogP contribution in [0.1, 0.15) is 60.1 Å². The molecule has 4 atom stereocenters. The van der Waals surface area contributed by atoms with Crippen LogP contribution in [-0.4, -0.2) is 42.1 Å². The van der Waals surface area contributed by atoms with Crippen molar-refractivity contribution in [2.75, 3.05) is 23.7 Å². The minimum Gasteiger partial charge on any atom is -0.508 e. The lowest BCUT2D eigenvalue weighted by atomic mass is 10.0. The van der Waals surface area contributed by atoms with Gasteiger partial charge in [-0.3, -0.25) is 9.59 Å². The second-order valence-electron chi connectivity index (χ2n) is 10.7. The number of rotatable bonds is 7. The quantitative estimate of drug-likeness (QED) is 0.324. The Morgan fingerprint density at radius 1 is 0.605 bits per heavy atom. The highest BCUT2D eigenvalue weighted by Crippen LogP contribution is 2.66. The average molecular weight is 511 g/mol. The molecule has 2 aliphatic heterocycles. The number of benzene rings is 3. The van der Waals surface area contributed by atoms with Gasteiger partial charge in [0.1, 0.15) is 5.75 Å². The largest absolute Gasteiger partial charge is 0.508 e. The van der Waals surface area contributed by atoms with E-state index < -0.39 is 0 Å². The number of anilines is 2. The van der Waals surface area contributed by atoms with Gasteiger partial charge in [-0.25, -0.2) is 0 Å². The third kappa shape index (κ3) is 5.17. The first-order valence-corrected chi connectivity index (χ1v) is 13.6. The van der Waals surface area contributed by atoms with Crippen LogP contribution in [0.3, 0.4) is 0 Å². The Balaban J connectivity index is 1.19. The fourth-order valence-corrected chi connectivity index (χ4v) is 6.10. The molecule has 2 saturated heterocycles. The van der Waals surface area contributed by atoms with Crippen molar-refractivity contribution in [1.82, 2.24) is 10.6 Å². The van der Waals surface area contributed by atoms with Gasteiger partial charge >= 0.3 is 0 Å². The molecular formula is C31H34N4O3. The van der Waals surface area contributed by atoms with Gasteiger partial charge in [-0.1, -0.05) is 36.4 Å². The van der Waals surface area contributed by atoms with E-state index in [1.165, 1.54) is 16.7 Å². The summed E-state index contributed by atoms with van der Waals surface area (Å²) in [5.41, 5.74) is 5.24. The highest BCUT2D eigenvalue weighted by atomic mass is 16.3. The first-order chi connectivity index (χ1) is 18.6. The third-order valence-electron chi connectivity index (χ3n) is 8.18. The molecule has 7 nitrogen and oxygen atoms in total. The van der Waals surface area contributed by atoms with Crippen LogP contribution in [0.25, 0.3) is 0 Å². The molecule has 3 aliphatic rings. The van der Waals surface area contributed by atoms with Gasteiger partial charge in [0.15, 0.2) is 0 Å². The molecule has 196 valence electrons. The molecule has 3 aromatic rings. The zero-order valence-corrected chi connectivity index (χ0v) is 21.3. The molecule has 7 heteroatoms. The Morgan fingerprint density at radius 3 is 1.32 bits per heavy atom. The van der Waals surface area contributed by atoms with E-state index in [-0.39, 0.29) is 47.4 Å². The molecule has 6 rings (SSSR count).